The molecule has 1 aromatic carbocycles. The second-order valence-corrected chi connectivity index (χ2v) is 5.65. The Kier molecular flexibility index (Phi) is 3.45. The van der Waals surface area contributed by atoms with Crippen LogP contribution in [0.5, 0.6) is 0 Å². The van der Waals surface area contributed by atoms with Crippen LogP contribution < -0.4 is 5.56 Å². The summed E-state index contributed by atoms with van der Waals surface area (Å²) >= 11 is 0. The molecule has 1 aliphatic heterocycles. The van der Waals surface area contributed by atoms with Gasteiger partial charge >= 0.3 is 0 Å². The van der Waals surface area contributed by atoms with Crippen molar-refractivity contribution in [3.05, 3.63) is 69.9 Å². The van der Waals surface area contributed by atoms with Crippen LogP contribution in [0.1, 0.15) is 21.7 Å². The van der Waals surface area contributed by atoms with E-state index in [2.05, 4.69) is 20.2 Å². The monoisotopic (exact) mass is 321 g/mol. The van der Waals surface area contributed by atoms with Crippen LogP contribution in [-0.2, 0) is 13.0 Å². The molecule has 0 aliphatic carbocycles. The molecule has 0 saturated carbocycles. The minimum atomic E-state index is -0.138. The zero-order valence-corrected chi connectivity index (χ0v) is 12.8. The van der Waals surface area contributed by atoms with Crippen LogP contribution >= 0.6 is 0 Å². The topological polar surface area (TPSA) is 94.7 Å². The van der Waals surface area contributed by atoms with Crippen LogP contribution in [0.4, 0.5) is 0 Å². The highest BCUT2D eigenvalue weighted by atomic mass is 16.2. The largest absolute Gasteiger partial charge is 0.331 e. The summed E-state index contributed by atoms with van der Waals surface area (Å²) < 4.78 is 0. The Morgan fingerprint density at radius 2 is 2.00 bits per heavy atom. The van der Waals surface area contributed by atoms with Gasteiger partial charge in [-0.1, -0.05) is 30.3 Å². The molecule has 24 heavy (non-hydrogen) atoms. The lowest BCUT2D eigenvalue weighted by molar-refractivity contribution is 0.0725. The third-order valence-corrected chi connectivity index (χ3v) is 4.14. The van der Waals surface area contributed by atoms with Gasteiger partial charge in [-0.15, -0.1) is 0 Å². The molecule has 0 unspecified atom stereocenters. The highest BCUT2D eigenvalue weighted by Crippen LogP contribution is 2.19. The van der Waals surface area contributed by atoms with Crippen LogP contribution in [0, 0.1) is 0 Å². The summed E-state index contributed by atoms with van der Waals surface area (Å²) in [5.74, 6) is 0.386. The molecule has 0 fully saturated rings. The number of hydrogen-bond donors (Lipinski definition) is 2. The first kappa shape index (κ1) is 14.4. The second-order valence-electron chi connectivity index (χ2n) is 5.65. The first-order valence-corrected chi connectivity index (χ1v) is 7.68. The number of benzene rings is 1. The fraction of sp³-hybridized carbons (Fsp3) is 0.176. The average Bonchev–Trinajstić information content (AvgIpc) is 3.16. The van der Waals surface area contributed by atoms with Gasteiger partial charge in [-0.25, -0.2) is 4.98 Å². The first-order chi connectivity index (χ1) is 11.7. The Morgan fingerprint density at radius 3 is 2.75 bits per heavy atom. The summed E-state index contributed by atoms with van der Waals surface area (Å²) in [5, 5.41) is 6.48. The van der Waals surface area contributed by atoms with Crippen molar-refractivity contribution < 1.29 is 4.79 Å². The van der Waals surface area contributed by atoms with Crippen molar-refractivity contribution in [2.24, 2.45) is 0 Å². The maximum Gasteiger partial charge on any atom is 0.272 e. The number of nitrogens with zero attached hydrogens (tertiary/aromatic N) is 3. The van der Waals surface area contributed by atoms with Gasteiger partial charge in [0.15, 0.2) is 0 Å². The fourth-order valence-electron chi connectivity index (χ4n) is 2.89. The molecular weight excluding hydrogens is 306 g/mol. The number of fused-ring (bicyclic) bond motifs is 1. The summed E-state index contributed by atoms with van der Waals surface area (Å²) in [6, 6.07) is 11.1. The lowest BCUT2D eigenvalue weighted by Crippen LogP contribution is -2.39. The van der Waals surface area contributed by atoms with Crippen molar-refractivity contribution in [1.82, 2.24) is 25.1 Å². The molecule has 2 aromatic heterocycles. The summed E-state index contributed by atoms with van der Waals surface area (Å²) in [4.78, 5) is 33.9. The van der Waals surface area contributed by atoms with Gasteiger partial charge in [-0.3, -0.25) is 14.7 Å². The lowest BCUT2D eigenvalue weighted by Gasteiger charge is -2.27. The molecular formula is C17H15N5O2. The average molecular weight is 321 g/mol. The normalized spacial score (nSPS) is 13.6. The van der Waals surface area contributed by atoms with Gasteiger partial charge in [0, 0.05) is 23.9 Å². The number of rotatable bonds is 2. The van der Waals surface area contributed by atoms with E-state index in [1.807, 2.05) is 30.3 Å². The third-order valence-electron chi connectivity index (χ3n) is 4.14. The van der Waals surface area contributed by atoms with Gasteiger partial charge in [0.25, 0.3) is 11.5 Å². The Labute approximate surface area is 137 Å². The van der Waals surface area contributed by atoms with Gasteiger partial charge in [-0.05, 0) is 12.5 Å². The van der Waals surface area contributed by atoms with E-state index in [9.17, 15) is 9.59 Å². The summed E-state index contributed by atoms with van der Waals surface area (Å²) in [6.45, 7) is 0.803. The zero-order valence-electron chi connectivity index (χ0n) is 12.8. The maximum atomic E-state index is 12.5. The molecule has 4 rings (SSSR count). The molecule has 0 saturated heterocycles. The molecule has 2 N–H and O–H groups in total. The van der Waals surface area contributed by atoms with E-state index in [4.69, 9.17) is 0 Å². The molecule has 3 aromatic rings. The molecule has 7 heteroatoms. The van der Waals surface area contributed by atoms with E-state index in [-0.39, 0.29) is 11.5 Å². The molecule has 1 amide bonds. The number of aromatic amines is 2. The Morgan fingerprint density at radius 1 is 1.17 bits per heavy atom. The van der Waals surface area contributed by atoms with Crippen LogP contribution in [-0.4, -0.2) is 37.5 Å². The fourth-order valence-corrected chi connectivity index (χ4v) is 2.89. The molecule has 0 radical (unpaired) electrons. The van der Waals surface area contributed by atoms with Gasteiger partial charge in [0.2, 0.25) is 0 Å². The quantitative estimate of drug-likeness (QED) is 0.745. The number of hydrogen-bond acceptors (Lipinski definition) is 4. The summed E-state index contributed by atoms with van der Waals surface area (Å²) in [5.41, 5.74) is 2.45. The van der Waals surface area contributed by atoms with Crippen molar-refractivity contribution >= 4 is 5.91 Å². The van der Waals surface area contributed by atoms with Crippen molar-refractivity contribution in [2.75, 3.05) is 6.54 Å². The highest BCUT2D eigenvalue weighted by molar-refractivity contribution is 5.92. The number of nitrogens with one attached hydrogen (secondary N) is 2. The number of aromatic nitrogens is 4. The minimum Gasteiger partial charge on any atom is -0.331 e. The molecule has 1 aliphatic rings. The van der Waals surface area contributed by atoms with Gasteiger partial charge in [0.05, 0.1) is 12.2 Å². The van der Waals surface area contributed by atoms with Crippen molar-refractivity contribution in [3.8, 4) is 11.4 Å². The smallest absolute Gasteiger partial charge is 0.272 e. The van der Waals surface area contributed by atoms with E-state index in [1.54, 1.807) is 17.2 Å². The van der Waals surface area contributed by atoms with Crippen molar-refractivity contribution in [3.63, 3.8) is 0 Å². The van der Waals surface area contributed by atoms with Crippen molar-refractivity contribution in [2.45, 2.75) is 13.0 Å². The van der Waals surface area contributed by atoms with Crippen molar-refractivity contribution in [1.29, 1.82) is 0 Å². The number of carbonyl (C=O) groups is 1. The van der Waals surface area contributed by atoms with Gasteiger partial charge < -0.3 is 9.88 Å². The van der Waals surface area contributed by atoms with Crippen LogP contribution in [0.3, 0.4) is 0 Å². The van der Waals surface area contributed by atoms with Gasteiger partial charge in [0.1, 0.15) is 11.5 Å². The molecule has 0 bridgehead atoms. The van der Waals surface area contributed by atoms with E-state index < -0.39 is 0 Å². The van der Waals surface area contributed by atoms with Crippen LogP contribution in [0.2, 0.25) is 0 Å². The van der Waals surface area contributed by atoms with E-state index >= 15 is 0 Å². The SMILES string of the molecule is O=C(c1ccn[nH]1)N1CCc2c(nc(-c3ccccc3)[nH]c2=O)C1. The number of carbonyl (C=O) groups excluding carboxylic acids is 1. The van der Waals surface area contributed by atoms with Crippen LogP contribution in [0.15, 0.2) is 47.4 Å². The lowest BCUT2D eigenvalue weighted by atomic mass is 10.1. The zero-order chi connectivity index (χ0) is 16.5. The molecule has 0 atom stereocenters. The summed E-state index contributed by atoms with van der Waals surface area (Å²) in [7, 11) is 0. The molecule has 0 spiro atoms. The third kappa shape index (κ3) is 2.50. The Hall–Kier alpha value is -3.22. The predicted octanol–water partition coefficient (Wildman–Crippen LogP) is 1.36. The first-order valence-electron chi connectivity index (χ1n) is 7.68. The predicted molar refractivity (Wildman–Crippen MR) is 87.3 cm³/mol. The second kappa shape index (κ2) is 5.77. The highest BCUT2D eigenvalue weighted by Gasteiger charge is 2.25. The van der Waals surface area contributed by atoms with E-state index in [1.165, 1.54) is 0 Å². The molecule has 3 heterocycles. The van der Waals surface area contributed by atoms with Crippen LogP contribution in [0.25, 0.3) is 11.4 Å². The summed E-state index contributed by atoms with van der Waals surface area (Å²) in [6.07, 6.45) is 2.04. The standard InChI is InChI=1S/C17H15N5O2/c23-16-12-7-9-22(17(24)13-6-8-18-21-13)10-14(12)19-15(20-16)11-4-2-1-3-5-11/h1-6,8H,7,9-10H2,(H,18,21)(H,19,20,23). The Balaban J connectivity index is 1.69. The van der Waals surface area contributed by atoms with E-state index in [0.717, 1.165) is 5.56 Å². The molecule has 120 valence electrons. The van der Waals surface area contributed by atoms with Gasteiger partial charge in [-0.2, -0.15) is 5.10 Å². The number of H-pyrrole nitrogens is 2. The Bertz CT molecular complexity index is 931. The number of amides is 1. The van der Waals surface area contributed by atoms with E-state index in [0.29, 0.717) is 42.3 Å². The maximum absolute atomic E-state index is 12.5. The molecule has 7 nitrogen and oxygen atoms in total. The minimum absolute atomic E-state index is 0.132.